The number of amides is 1. The van der Waals surface area contributed by atoms with E-state index in [0.717, 1.165) is 18.7 Å². The van der Waals surface area contributed by atoms with Gasteiger partial charge in [-0.2, -0.15) is 0 Å². The lowest BCUT2D eigenvalue weighted by molar-refractivity contribution is -0.674. The standard InChI is InChI=1S/C15H22N2O2/c1-11(16-8-9-19-2)15(18)17-14-7-6-12-4-3-5-13(12)10-14/h6-7,10-11,16H,3-5,8-9H2,1-2H3,(H,17,18)/p+1/t11-/m1/s1. The van der Waals surface area contributed by atoms with Crippen LogP contribution in [-0.4, -0.2) is 32.2 Å². The van der Waals surface area contributed by atoms with Crippen molar-refractivity contribution in [1.29, 1.82) is 0 Å². The molecule has 0 spiro atoms. The number of rotatable bonds is 6. The van der Waals surface area contributed by atoms with Crippen LogP contribution in [0.1, 0.15) is 24.5 Å². The molecule has 0 saturated heterocycles. The van der Waals surface area contributed by atoms with Crippen molar-refractivity contribution in [3.63, 3.8) is 0 Å². The maximum Gasteiger partial charge on any atom is 0.282 e. The molecule has 0 aromatic heterocycles. The van der Waals surface area contributed by atoms with E-state index in [9.17, 15) is 4.79 Å². The van der Waals surface area contributed by atoms with Gasteiger partial charge in [-0.1, -0.05) is 6.07 Å². The zero-order chi connectivity index (χ0) is 13.7. The minimum Gasteiger partial charge on any atom is -0.379 e. The summed E-state index contributed by atoms with van der Waals surface area (Å²) in [5, 5.41) is 4.98. The fourth-order valence-electron chi connectivity index (χ4n) is 2.45. The molecule has 0 bridgehead atoms. The number of ether oxygens (including phenoxy) is 1. The molecular weight excluding hydrogens is 240 g/mol. The maximum absolute atomic E-state index is 12.0. The monoisotopic (exact) mass is 263 g/mol. The Morgan fingerprint density at radius 3 is 3.00 bits per heavy atom. The molecule has 0 heterocycles. The predicted octanol–water partition coefficient (Wildman–Crippen LogP) is 0.712. The second kappa shape index (κ2) is 6.68. The van der Waals surface area contributed by atoms with Crippen molar-refractivity contribution in [1.82, 2.24) is 0 Å². The van der Waals surface area contributed by atoms with E-state index < -0.39 is 0 Å². The zero-order valence-electron chi connectivity index (χ0n) is 11.7. The zero-order valence-corrected chi connectivity index (χ0v) is 11.7. The fraction of sp³-hybridized carbons (Fsp3) is 0.533. The first-order chi connectivity index (χ1) is 9.20. The first-order valence-corrected chi connectivity index (χ1v) is 6.95. The van der Waals surface area contributed by atoms with E-state index in [1.165, 1.54) is 24.0 Å². The number of benzene rings is 1. The van der Waals surface area contributed by atoms with Crippen molar-refractivity contribution in [3.8, 4) is 0 Å². The summed E-state index contributed by atoms with van der Waals surface area (Å²) in [5.74, 6) is 0.0500. The Hall–Kier alpha value is -1.39. The van der Waals surface area contributed by atoms with E-state index in [2.05, 4.69) is 17.4 Å². The summed E-state index contributed by atoms with van der Waals surface area (Å²) < 4.78 is 4.98. The average molecular weight is 263 g/mol. The van der Waals surface area contributed by atoms with Crippen LogP contribution < -0.4 is 10.6 Å². The number of hydrogen-bond donors (Lipinski definition) is 2. The third kappa shape index (κ3) is 3.78. The predicted molar refractivity (Wildman–Crippen MR) is 75.2 cm³/mol. The molecule has 2 rings (SSSR count). The molecule has 4 nitrogen and oxygen atoms in total. The van der Waals surface area contributed by atoms with E-state index in [4.69, 9.17) is 4.74 Å². The number of anilines is 1. The van der Waals surface area contributed by atoms with E-state index in [1.54, 1.807) is 7.11 Å². The van der Waals surface area contributed by atoms with Crippen LogP contribution in [0.2, 0.25) is 0 Å². The van der Waals surface area contributed by atoms with Gasteiger partial charge >= 0.3 is 0 Å². The molecule has 1 aromatic carbocycles. The second-order valence-corrected chi connectivity index (χ2v) is 5.13. The Morgan fingerprint density at radius 1 is 1.42 bits per heavy atom. The van der Waals surface area contributed by atoms with Gasteiger partial charge in [0.05, 0.1) is 13.2 Å². The quantitative estimate of drug-likeness (QED) is 0.743. The van der Waals surface area contributed by atoms with Gasteiger partial charge in [-0.05, 0) is 49.4 Å². The number of carbonyl (C=O) groups is 1. The first-order valence-electron chi connectivity index (χ1n) is 6.95. The fourth-order valence-corrected chi connectivity index (χ4v) is 2.45. The van der Waals surface area contributed by atoms with Gasteiger partial charge in [0.2, 0.25) is 0 Å². The molecule has 104 valence electrons. The molecule has 0 aliphatic heterocycles. The molecule has 1 amide bonds. The molecule has 3 N–H and O–H groups in total. The Bertz CT molecular complexity index is 446. The number of hydrogen-bond acceptors (Lipinski definition) is 2. The number of aryl methyl sites for hydroxylation is 2. The summed E-state index contributed by atoms with van der Waals surface area (Å²) in [4.78, 5) is 12.0. The third-order valence-corrected chi connectivity index (χ3v) is 3.62. The lowest BCUT2D eigenvalue weighted by Crippen LogP contribution is -2.92. The van der Waals surface area contributed by atoms with Gasteiger partial charge in [-0.3, -0.25) is 4.79 Å². The molecule has 4 heteroatoms. The minimum absolute atomic E-state index is 0.0500. The van der Waals surface area contributed by atoms with Gasteiger partial charge in [0.25, 0.3) is 5.91 Å². The smallest absolute Gasteiger partial charge is 0.282 e. The highest BCUT2D eigenvalue weighted by Gasteiger charge is 2.17. The van der Waals surface area contributed by atoms with Gasteiger partial charge in [-0.15, -0.1) is 0 Å². The van der Waals surface area contributed by atoms with Crippen LogP contribution in [0.3, 0.4) is 0 Å². The van der Waals surface area contributed by atoms with Crippen molar-refractivity contribution in [2.45, 2.75) is 32.2 Å². The third-order valence-electron chi connectivity index (χ3n) is 3.62. The van der Waals surface area contributed by atoms with E-state index in [1.807, 2.05) is 18.3 Å². The van der Waals surface area contributed by atoms with Gasteiger partial charge < -0.3 is 15.4 Å². The van der Waals surface area contributed by atoms with Crippen LogP contribution in [0.25, 0.3) is 0 Å². The lowest BCUT2D eigenvalue weighted by Gasteiger charge is -2.12. The molecule has 0 fully saturated rings. The van der Waals surface area contributed by atoms with E-state index >= 15 is 0 Å². The number of methoxy groups -OCH3 is 1. The van der Waals surface area contributed by atoms with Crippen LogP contribution >= 0.6 is 0 Å². The lowest BCUT2D eigenvalue weighted by atomic mass is 10.1. The van der Waals surface area contributed by atoms with Crippen LogP contribution in [0, 0.1) is 0 Å². The summed E-state index contributed by atoms with van der Waals surface area (Å²) in [6.45, 7) is 3.38. The first kappa shape index (κ1) is 14.0. The van der Waals surface area contributed by atoms with Crippen molar-refractivity contribution in [2.24, 2.45) is 0 Å². The largest absolute Gasteiger partial charge is 0.379 e. The van der Waals surface area contributed by atoms with Crippen LogP contribution in [0.5, 0.6) is 0 Å². The summed E-state index contributed by atoms with van der Waals surface area (Å²) in [6, 6.07) is 6.16. The number of fused-ring (bicyclic) bond motifs is 1. The molecule has 0 unspecified atom stereocenters. The SMILES string of the molecule is COCC[NH2+][C@H](C)C(=O)Nc1ccc2c(c1)CCC2. The maximum atomic E-state index is 12.0. The topological polar surface area (TPSA) is 54.9 Å². The highest BCUT2D eigenvalue weighted by molar-refractivity contribution is 5.93. The van der Waals surface area contributed by atoms with Gasteiger partial charge in [0.15, 0.2) is 6.04 Å². The van der Waals surface area contributed by atoms with Crippen LogP contribution in [-0.2, 0) is 22.4 Å². The molecular formula is C15H23N2O2+. The summed E-state index contributed by atoms with van der Waals surface area (Å²) in [6.07, 6.45) is 3.53. The van der Waals surface area contributed by atoms with E-state index in [-0.39, 0.29) is 11.9 Å². The molecule has 0 saturated carbocycles. The van der Waals surface area contributed by atoms with Crippen LogP contribution in [0.15, 0.2) is 18.2 Å². The molecule has 1 atom stereocenters. The molecule has 0 radical (unpaired) electrons. The molecule has 19 heavy (non-hydrogen) atoms. The van der Waals surface area contributed by atoms with Crippen molar-refractivity contribution >= 4 is 11.6 Å². The van der Waals surface area contributed by atoms with Crippen LogP contribution in [0.4, 0.5) is 5.69 Å². The summed E-state index contributed by atoms with van der Waals surface area (Å²) >= 11 is 0. The summed E-state index contributed by atoms with van der Waals surface area (Å²) in [7, 11) is 1.67. The van der Waals surface area contributed by atoms with E-state index in [0.29, 0.717) is 6.61 Å². The minimum atomic E-state index is -0.0941. The van der Waals surface area contributed by atoms with Gasteiger partial charge in [0.1, 0.15) is 0 Å². The number of quaternary nitrogens is 1. The average Bonchev–Trinajstić information content (AvgIpc) is 2.86. The highest BCUT2D eigenvalue weighted by atomic mass is 16.5. The van der Waals surface area contributed by atoms with Gasteiger partial charge in [-0.25, -0.2) is 0 Å². The normalized spacial score (nSPS) is 15.1. The van der Waals surface area contributed by atoms with Crippen molar-refractivity contribution in [3.05, 3.63) is 29.3 Å². The Labute approximate surface area is 114 Å². The van der Waals surface area contributed by atoms with Gasteiger partial charge in [0, 0.05) is 12.8 Å². The van der Waals surface area contributed by atoms with Crippen molar-refractivity contribution in [2.75, 3.05) is 25.6 Å². The Morgan fingerprint density at radius 2 is 2.21 bits per heavy atom. The molecule has 1 aliphatic carbocycles. The molecule has 1 aliphatic rings. The number of nitrogens with two attached hydrogens (primary N) is 1. The Balaban J connectivity index is 1.88. The number of nitrogens with one attached hydrogen (secondary N) is 1. The summed E-state index contributed by atoms with van der Waals surface area (Å²) in [5.41, 5.74) is 3.73. The Kier molecular flexibility index (Phi) is 4.93. The number of carbonyl (C=O) groups excluding carboxylic acids is 1. The highest BCUT2D eigenvalue weighted by Crippen LogP contribution is 2.24. The molecule has 1 aromatic rings. The second-order valence-electron chi connectivity index (χ2n) is 5.13. The van der Waals surface area contributed by atoms with Crippen molar-refractivity contribution < 1.29 is 14.8 Å².